The van der Waals surface area contributed by atoms with E-state index in [0.717, 1.165) is 22.3 Å². The van der Waals surface area contributed by atoms with Gasteiger partial charge in [0.25, 0.3) is 10.1 Å². The van der Waals surface area contributed by atoms with Gasteiger partial charge in [0.1, 0.15) is 4.90 Å². The van der Waals surface area contributed by atoms with Gasteiger partial charge in [0, 0.05) is 47.8 Å². The molecule has 158 valence electrons. The van der Waals surface area contributed by atoms with Crippen molar-refractivity contribution < 1.29 is 32.4 Å². The minimum Gasteiger partial charge on any atom is -0.355 e. The van der Waals surface area contributed by atoms with E-state index in [4.69, 9.17) is 4.98 Å². The molecule has 0 atom stereocenters. The minimum atomic E-state index is -4.46. The van der Waals surface area contributed by atoms with Crippen molar-refractivity contribution in [2.75, 3.05) is 0 Å². The summed E-state index contributed by atoms with van der Waals surface area (Å²) in [5, 5.41) is 0. The van der Waals surface area contributed by atoms with Crippen LogP contribution in [0.1, 0.15) is 11.4 Å². The van der Waals surface area contributed by atoms with Crippen molar-refractivity contribution in [3.05, 3.63) is 72.2 Å². The number of fused-ring (bicyclic) bond motifs is 11. The maximum atomic E-state index is 12.0. The molecule has 2 aliphatic heterocycles. The Balaban J connectivity index is 0.00000228. The van der Waals surface area contributed by atoms with Crippen LogP contribution >= 0.6 is 0 Å². The average Bonchev–Trinajstić information content (AvgIpc) is 3.52. The Morgan fingerprint density at radius 2 is 1.52 bits per heavy atom. The van der Waals surface area contributed by atoms with Crippen LogP contribution in [0.2, 0.25) is 0 Å². The second-order valence-corrected chi connectivity index (χ2v) is 8.89. The van der Waals surface area contributed by atoms with Crippen molar-refractivity contribution >= 4 is 44.3 Å². The van der Waals surface area contributed by atoms with Gasteiger partial charge in [-0.05, 0) is 66.7 Å². The van der Waals surface area contributed by atoms with Crippen LogP contribution in [0.5, 0.6) is 0 Å². The summed E-state index contributed by atoms with van der Waals surface area (Å²) in [4.78, 5) is 19.9. The van der Waals surface area contributed by atoms with E-state index in [-0.39, 0.29) is 29.9 Å². The van der Waals surface area contributed by atoms with Crippen LogP contribution in [0.25, 0.3) is 56.9 Å². The van der Waals surface area contributed by atoms with Crippen molar-refractivity contribution in [2.45, 2.75) is 4.90 Å². The molecule has 10 heteroatoms. The molecule has 0 amide bonds. The fourth-order valence-corrected chi connectivity index (χ4v) is 4.56. The van der Waals surface area contributed by atoms with E-state index in [9.17, 15) is 13.0 Å². The molecular formula is C23H15N5O3SZn. The number of aromatic nitrogens is 5. The van der Waals surface area contributed by atoms with Crippen molar-refractivity contribution in [3.63, 3.8) is 0 Å². The zero-order chi connectivity index (χ0) is 21.9. The summed E-state index contributed by atoms with van der Waals surface area (Å²) >= 11 is 0. The fourth-order valence-electron chi connectivity index (χ4n) is 3.90. The molecule has 0 fully saturated rings. The molecule has 33 heavy (non-hydrogen) atoms. The molecule has 2 aliphatic rings. The Labute approximate surface area is 201 Å². The number of nitrogens with zero attached hydrogens (tertiary/aromatic N) is 3. The molecule has 0 saturated carbocycles. The fraction of sp³-hybridized carbons (Fsp3) is 0. The number of H-pyrrole nitrogens is 2. The second kappa shape index (κ2) is 7.84. The number of aromatic amines is 2. The van der Waals surface area contributed by atoms with Gasteiger partial charge in [0.05, 0.1) is 34.0 Å². The zero-order valence-electron chi connectivity index (χ0n) is 17.1. The van der Waals surface area contributed by atoms with Gasteiger partial charge >= 0.3 is 0 Å². The Kier molecular flexibility index (Phi) is 5.08. The summed E-state index contributed by atoms with van der Waals surface area (Å²) in [6, 6.07) is 16.1. The van der Waals surface area contributed by atoms with Crippen molar-refractivity contribution in [1.29, 1.82) is 0 Å². The summed E-state index contributed by atoms with van der Waals surface area (Å²) in [5.41, 5.74) is 6.50. The molecule has 4 aromatic heterocycles. The molecule has 0 saturated heterocycles. The van der Waals surface area contributed by atoms with Gasteiger partial charge < -0.3 is 9.97 Å². The first-order valence-corrected chi connectivity index (χ1v) is 11.2. The van der Waals surface area contributed by atoms with Crippen molar-refractivity contribution in [1.82, 2.24) is 24.9 Å². The number of hydrogen-bond donors (Lipinski definition) is 3. The monoisotopic (exact) mass is 505 g/mol. The molecule has 0 spiro atoms. The number of nitrogens with one attached hydrogen (secondary N) is 2. The smallest absolute Gasteiger partial charge is 0.296 e. The van der Waals surface area contributed by atoms with Crippen LogP contribution < -0.4 is 0 Å². The molecule has 3 N–H and O–H groups in total. The largest absolute Gasteiger partial charge is 0.355 e. The van der Waals surface area contributed by atoms with Crippen LogP contribution in [-0.4, -0.2) is 37.9 Å². The Morgan fingerprint density at radius 1 is 0.788 bits per heavy atom. The Morgan fingerprint density at radius 3 is 2.27 bits per heavy atom. The van der Waals surface area contributed by atoms with E-state index in [1.165, 1.54) is 6.07 Å². The maximum absolute atomic E-state index is 12.0. The van der Waals surface area contributed by atoms with Crippen molar-refractivity contribution in [3.8, 4) is 22.6 Å². The zero-order valence-corrected chi connectivity index (χ0v) is 20.9. The van der Waals surface area contributed by atoms with Gasteiger partial charge in [-0.2, -0.15) is 8.42 Å². The average molecular weight is 507 g/mol. The first-order valence-electron chi connectivity index (χ1n) is 9.76. The van der Waals surface area contributed by atoms with Crippen LogP contribution in [0.15, 0.2) is 65.7 Å². The first kappa shape index (κ1) is 21.4. The topological polar surface area (TPSA) is 125 Å². The second-order valence-electron chi connectivity index (χ2n) is 7.50. The summed E-state index contributed by atoms with van der Waals surface area (Å²) in [5.74, 6) is 0. The van der Waals surface area contributed by atoms with E-state index < -0.39 is 10.1 Å². The van der Waals surface area contributed by atoms with Gasteiger partial charge in [-0.1, -0.05) is 0 Å². The maximum Gasteiger partial charge on any atom is 0.296 e. The third-order valence-electron chi connectivity index (χ3n) is 5.27. The predicted octanol–water partition coefficient (Wildman–Crippen LogP) is 4.46. The first-order chi connectivity index (χ1) is 15.4. The molecule has 6 heterocycles. The molecule has 8 bridgehead atoms. The Bertz CT molecular complexity index is 1720. The van der Waals surface area contributed by atoms with Gasteiger partial charge in [0.15, 0.2) is 0 Å². The Hall–Kier alpha value is -3.46. The van der Waals surface area contributed by atoms with Crippen LogP contribution in [0.3, 0.4) is 0 Å². The van der Waals surface area contributed by atoms with E-state index in [2.05, 4.69) is 19.9 Å². The third-order valence-corrected chi connectivity index (χ3v) is 6.16. The summed E-state index contributed by atoms with van der Waals surface area (Å²) in [6.07, 6.45) is 5.39. The summed E-state index contributed by atoms with van der Waals surface area (Å²) in [6.45, 7) is 0. The number of rotatable bonds is 1. The molecule has 0 radical (unpaired) electrons. The molecule has 4 aromatic rings. The van der Waals surface area contributed by atoms with Gasteiger partial charge in [-0.15, -0.1) is 0 Å². The number of pyridine rings is 1. The van der Waals surface area contributed by atoms with Gasteiger partial charge in [0.2, 0.25) is 0 Å². The molecular weight excluding hydrogens is 492 g/mol. The number of hydrogen-bond acceptors (Lipinski definition) is 5. The normalized spacial score (nSPS) is 12.3. The van der Waals surface area contributed by atoms with E-state index in [1.54, 1.807) is 24.4 Å². The van der Waals surface area contributed by atoms with Crippen LogP contribution in [0.4, 0.5) is 0 Å². The standard InChI is InChI=1S/C23H15N5O3S.Zn/c29-32(30,31)22-11-17-9-15-4-3-13(25-15)8-14-5-6-16(26-14)10-21-23-18(2-1-7-24-23)19(28-21)12-20(22)27-17;/h1-12,26-27H,(H,29,30,31);. The molecule has 6 rings (SSSR count). The SMILES string of the molecule is O=S(=O)(O)c1cc2cc3nc(cc4ccc(cc5nc(cc1[nH]2)-c1cccnc1-5)[nH]4)C=C3.[Zn]. The summed E-state index contributed by atoms with van der Waals surface area (Å²) in [7, 11) is -4.46. The van der Waals surface area contributed by atoms with E-state index in [0.29, 0.717) is 28.3 Å². The van der Waals surface area contributed by atoms with Gasteiger partial charge in [-0.25, -0.2) is 9.97 Å². The minimum absolute atomic E-state index is 0. The summed E-state index contributed by atoms with van der Waals surface area (Å²) < 4.78 is 33.9. The third kappa shape index (κ3) is 3.93. The van der Waals surface area contributed by atoms with Crippen LogP contribution in [-0.2, 0) is 29.6 Å². The quantitative estimate of drug-likeness (QED) is 0.223. The molecule has 0 aromatic carbocycles. The van der Waals surface area contributed by atoms with Gasteiger partial charge in [-0.3, -0.25) is 9.54 Å². The molecule has 0 unspecified atom stereocenters. The predicted molar refractivity (Wildman–Crippen MR) is 122 cm³/mol. The molecule has 8 nitrogen and oxygen atoms in total. The van der Waals surface area contributed by atoms with E-state index >= 15 is 0 Å². The molecule has 0 aliphatic carbocycles. The van der Waals surface area contributed by atoms with Crippen LogP contribution in [0, 0.1) is 0 Å². The van der Waals surface area contributed by atoms with E-state index in [1.807, 2.05) is 42.5 Å². The van der Waals surface area contributed by atoms with Crippen molar-refractivity contribution in [2.24, 2.45) is 0 Å².